The summed E-state index contributed by atoms with van der Waals surface area (Å²) >= 11 is 1.77. The zero-order valence-electron chi connectivity index (χ0n) is 12.5. The van der Waals surface area contributed by atoms with Gasteiger partial charge in [-0.15, -0.1) is 21.5 Å². The van der Waals surface area contributed by atoms with E-state index in [9.17, 15) is 4.79 Å². The third kappa shape index (κ3) is 2.65. The molecule has 22 heavy (non-hydrogen) atoms. The Bertz CT molecular complexity index is 683. The monoisotopic (exact) mass is 318 g/mol. The van der Waals surface area contributed by atoms with Crippen LogP contribution in [-0.4, -0.2) is 39.3 Å². The molecule has 1 aliphatic heterocycles. The number of hydrogen-bond donors (Lipinski definition) is 0. The molecule has 0 unspecified atom stereocenters. The normalized spacial score (nSPS) is 19.6. The second-order valence-electron chi connectivity index (χ2n) is 6.14. The third-order valence-corrected chi connectivity index (χ3v) is 5.61. The first-order valence-corrected chi connectivity index (χ1v) is 8.58. The Morgan fingerprint density at radius 2 is 1.82 bits per heavy atom. The van der Waals surface area contributed by atoms with Gasteiger partial charge in [-0.1, -0.05) is 5.16 Å². The summed E-state index contributed by atoms with van der Waals surface area (Å²) in [4.78, 5) is 14.2. The Kier molecular flexibility index (Phi) is 3.44. The van der Waals surface area contributed by atoms with E-state index in [-0.39, 0.29) is 5.91 Å². The lowest BCUT2D eigenvalue weighted by Crippen LogP contribution is -2.38. The van der Waals surface area contributed by atoms with Crippen LogP contribution in [0.25, 0.3) is 0 Å². The first kappa shape index (κ1) is 13.9. The first-order valence-electron chi connectivity index (χ1n) is 7.76. The summed E-state index contributed by atoms with van der Waals surface area (Å²) < 4.78 is 4.98. The van der Waals surface area contributed by atoms with E-state index in [4.69, 9.17) is 4.52 Å². The molecule has 7 heteroatoms. The molecule has 0 N–H and O–H groups in total. The zero-order valence-corrected chi connectivity index (χ0v) is 13.3. The second-order valence-corrected chi connectivity index (χ2v) is 7.18. The van der Waals surface area contributed by atoms with E-state index in [1.807, 2.05) is 4.90 Å². The maximum atomic E-state index is 12.3. The van der Waals surface area contributed by atoms with Gasteiger partial charge in [0, 0.05) is 31.0 Å². The fraction of sp³-hybridized carbons (Fsp3) is 0.600. The van der Waals surface area contributed by atoms with Crippen molar-refractivity contribution in [1.82, 2.24) is 20.3 Å². The molecule has 0 atom stereocenters. The molecule has 1 aliphatic carbocycles. The zero-order chi connectivity index (χ0) is 15.1. The van der Waals surface area contributed by atoms with Crippen LogP contribution < -0.4 is 0 Å². The maximum Gasteiger partial charge on any atom is 0.276 e. The van der Waals surface area contributed by atoms with E-state index in [0.717, 1.165) is 30.9 Å². The van der Waals surface area contributed by atoms with E-state index < -0.39 is 0 Å². The van der Waals surface area contributed by atoms with Crippen molar-refractivity contribution < 1.29 is 9.32 Å². The van der Waals surface area contributed by atoms with Gasteiger partial charge in [-0.05, 0) is 32.6 Å². The number of carbonyl (C=O) groups is 1. The summed E-state index contributed by atoms with van der Waals surface area (Å²) in [5.74, 6) is 1.74. The highest BCUT2D eigenvalue weighted by molar-refractivity contribution is 7.11. The van der Waals surface area contributed by atoms with Crippen LogP contribution in [-0.2, 0) is 0 Å². The van der Waals surface area contributed by atoms with Crippen LogP contribution >= 0.6 is 11.3 Å². The van der Waals surface area contributed by atoms with Crippen molar-refractivity contribution in [3.63, 3.8) is 0 Å². The molecule has 4 rings (SSSR count). The van der Waals surface area contributed by atoms with Crippen molar-refractivity contribution in [2.45, 2.75) is 44.4 Å². The lowest BCUT2D eigenvalue weighted by Gasteiger charge is -2.30. The van der Waals surface area contributed by atoms with Crippen LogP contribution in [0.3, 0.4) is 0 Å². The SMILES string of the molecule is Cc1cc(C(=O)N2CCC(c3nnc(C4CC4)s3)CC2)no1. The molecule has 6 nitrogen and oxygen atoms in total. The summed E-state index contributed by atoms with van der Waals surface area (Å²) in [6.45, 7) is 3.28. The van der Waals surface area contributed by atoms with Gasteiger partial charge < -0.3 is 9.42 Å². The number of amides is 1. The molecule has 0 bridgehead atoms. The molecule has 0 radical (unpaired) electrons. The molecular formula is C15H18N4O2S. The van der Waals surface area contributed by atoms with Crippen LogP contribution in [0, 0.1) is 6.92 Å². The molecule has 1 amide bonds. The number of nitrogens with zero attached hydrogens (tertiary/aromatic N) is 4. The predicted molar refractivity (Wildman–Crippen MR) is 81.0 cm³/mol. The molecule has 2 fully saturated rings. The fourth-order valence-corrected chi connectivity index (χ4v) is 4.05. The lowest BCUT2D eigenvalue weighted by atomic mass is 9.97. The van der Waals surface area contributed by atoms with E-state index in [1.54, 1.807) is 24.3 Å². The van der Waals surface area contributed by atoms with Crippen molar-refractivity contribution in [1.29, 1.82) is 0 Å². The molecule has 0 aromatic carbocycles. The van der Waals surface area contributed by atoms with Crippen LogP contribution in [0.1, 0.15) is 63.8 Å². The van der Waals surface area contributed by atoms with Crippen molar-refractivity contribution in [2.24, 2.45) is 0 Å². The highest BCUT2D eigenvalue weighted by atomic mass is 32.1. The number of aryl methyl sites for hydroxylation is 1. The lowest BCUT2D eigenvalue weighted by molar-refractivity contribution is 0.0702. The molecular weight excluding hydrogens is 300 g/mol. The average molecular weight is 318 g/mol. The first-order chi connectivity index (χ1) is 10.7. The summed E-state index contributed by atoms with van der Waals surface area (Å²) in [5.41, 5.74) is 0.405. The summed E-state index contributed by atoms with van der Waals surface area (Å²) in [6.07, 6.45) is 4.42. The molecule has 116 valence electrons. The number of aromatic nitrogens is 3. The van der Waals surface area contributed by atoms with Crippen molar-refractivity contribution in [3.05, 3.63) is 27.5 Å². The van der Waals surface area contributed by atoms with E-state index >= 15 is 0 Å². The van der Waals surface area contributed by atoms with Gasteiger partial charge in [-0.25, -0.2) is 0 Å². The number of piperidine rings is 1. The largest absolute Gasteiger partial charge is 0.361 e. The number of rotatable bonds is 3. The highest BCUT2D eigenvalue weighted by Crippen LogP contribution is 2.43. The Morgan fingerprint density at radius 1 is 1.18 bits per heavy atom. The molecule has 3 heterocycles. The smallest absolute Gasteiger partial charge is 0.276 e. The summed E-state index contributed by atoms with van der Waals surface area (Å²) in [6, 6.07) is 1.70. The predicted octanol–water partition coefficient (Wildman–Crippen LogP) is 2.73. The maximum absolute atomic E-state index is 12.3. The quantitative estimate of drug-likeness (QED) is 0.870. The standard InChI is InChI=1S/C15H18N4O2S/c1-9-8-12(18-21-9)15(20)19-6-4-11(5-7-19)14-17-16-13(22-14)10-2-3-10/h8,10-11H,2-7H2,1H3. The number of carbonyl (C=O) groups excluding carboxylic acids is 1. The van der Waals surface area contributed by atoms with Gasteiger partial charge in [0.2, 0.25) is 0 Å². The van der Waals surface area contributed by atoms with Gasteiger partial charge in [0.25, 0.3) is 5.91 Å². The Labute approximate surface area is 132 Å². The molecule has 1 saturated heterocycles. The minimum absolute atomic E-state index is 0.0359. The van der Waals surface area contributed by atoms with Crippen LogP contribution in [0.2, 0.25) is 0 Å². The fourth-order valence-electron chi connectivity index (χ4n) is 2.87. The number of hydrogen-bond acceptors (Lipinski definition) is 6. The van der Waals surface area contributed by atoms with Gasteiger partial charge >= 0.3 is 0 Å². The van der Waals surface area contributed by atoms with Gasteiger partial charge in [0.15, 0.2) is 5.69 Å². The van der Waals surface area contributed by atoms with Gasteiger partial charge in [0.1, 0.15) is 15.8 Å². The Hall–Kier alpha value is -1.76. The molecule has 2 aromatic rings. The summed E-state index contributed by atoms with van der Waals surface area (Å²) in [7, 11) is 0. The van der Waals surface area contributed by atoms with E-state index in [1.165, 1.54) is 17.8 Å². The van der Waals surface area contributed by atoms with Crippen LogP contribution in [0.4, 0.5) is 0 Å². The minimum atomic E-state index is -0.0359. The van der Waals surface area contributed by atoms with E-state index in [0.29, 0.717) is 23.3 Å². The Morgan fingerprint density at radius 3 is 2.36 bits per heavy atom. The molecule has 1 saturated carbocycles. The average Bonchev–Trinajstić information content (AvgIpc) is 3.11. The molecule has 0 spiro atoms. The van der Waals surface area contributed by atoms with Crippen LogP contribution in [0.15, 0.2) is 10.6 Å². The molecule has 2 aliphatic rings. The number of likely N-dealkylation sites (tertiary alicyclic amines) is 1. The van der Waals surface area contributed by atoms with Gasteiger partial charge in [0.05, 0.1) is 0 Å². The summed E-state index contributed by atoms with van der Waals surface area (Å²) in [5, 5.41) is 14.9. The van der Waals surface area contributed by atoms with Crippen molar-refractivity contribution in [2.75, 3.05) is 13.1 Å². The second kappa shape index (κ2) is 5.46. The third-order valence-electron chi connectivity index (χ3n) is 4.36. The van der Waals surface area contributed by atoms with Gasteiger partial charge in [-0.2, -0.15) is 0 Å². The van der Waals surface area contributed by atoms with Crippen LogP contribution in [0.5, 0.6) is 0 Å². The van der Waals surface area contributed by atoms with E-state index in [2.05, 4.69) is 15.4 Å². The minimum Gasteiger partial charge on any atom is -0.361 e. The van der Waals surface area contributed by atoms with Crippen molar-refractivity contribution in [3.8, 4) is 0 Å². The highest BCUT2D eigenvalue weighted by Gasteiger charge is 2.31. The van der Waals surface area contributed by atoms with Gasteiger partial charge in [-0.3, -0.25) is 4.79 Å². The van der Waals surface area contributed by atoms with Crippen molar-refractivity contribution >= 4 is 17.2 Å². The Balaban J connectivity index is 1.38. The molecule has 2 aromatic heterocycles. The topological polar surface area (TPSA) is 72.1 Å².